The molecule has 1 fully saturated rings. The summed E-state index contributed by atoms with van der Waals surface area (Å²) < 4.78 is 0. The molecule has 0 N–H and O–H groups in total. The van der Waals surface area contributed by atoms with Crippen LogP contribution in [0.15, 0.2) is 18.2 Å². The predicted molar refractivity (Wildman–Crippen MR) is 80.6 cm³/mol. The van der Waals surface area contributed by atoms with E-state index < -0.39 is 0 Å². The number of amides is 2. The van der Waals surface area contributed by atoms with E-state index in [1.54, 1.807) is 0 Å². The van der Waals surface area contributed by atoms with Crippen LogP contribution in [0.25, 0.3) is 0 Å². The van der Waals surface area contributed by atoms with Crippen LogP contribution < -0.4 is 4.90 Å². The highest BCUT2D eigenvalue weighted by molar-refractivity contribution is 6.21. The maximum Gasteiger partial charge on any atom is 0.237 e. The van der Waals surface area contributed by atoms with Crippen molar-refractivity contribution in [2.24, 2.45) is 11.8 Å². The largest absolute Gasteiger partial charge is 0.274 e. The van der Waals surface area contributed by atoms with E-state index in [4.69, 9.17) is 0 Å². The lowest BCUT2D eigenvalue weighted by atomic mass is 9.94. The van der Waals surface area contributed by atoms with Gasteiger partial charge in [-0.1, -0.05) is 45.9 Å². The SMILES string of the molecule is CCc1cccc(CC)c1N1C(=O)CC(C(C)C)C1=O. The van der Waals surface area contributed by atoms with E-state index in [2.05, 4.69) is 13.8 Å². The van der Waals surface area contributed by atoms with Crippen LogP contribution in [0.3, 0.4) is 0 Å². The third-order valence-electron chi connectivity index (χ3n) is 4.17. The smallest absolute Gasteiger partial charge is 0.237 e. The van der Waals surface area contributed by atoms with Gasteiger partial charge in [-0.25, -0.2) is 4.90 Å². The second kappa shape index (κ2) is 5.78. The molecule has 2 amide bonds. The Kier molecular flexibility index (Phi) is 4.26. The van der Waals surface area contributed by atoms with E-state index in [0.29, 0.717) is 6.42 Å². The number of rotatable bonds is 4. The fourth-order valence-corrected chi connectivity index (χ4v) is 2.91. The van der Waals surface area contributed by atoms with Crippen molar-refractivity contribution < 1.29 is 9.59 Å². The Morgan fingerprint density at radius 3 is 2.10 bits per heavy atom. The second-order valence-corrected chi connectivity index (χ2v) is 5.75. The molecule has 1 aliphatic rings. The molecule has 20 heavy (non-hydrogen) atoms. The fourth-order valence-electron chi connectivity index (χ4n) is 2.91. The van der Waals surface area contributed by atoms with Crippen molar-refractivity contribution in [3.05, 3.63) is 29.3 Å². The van der Waals surface area contributed by atoms with Gasteiger partial charge in [0.2, 0.25) is 11.8 Å². The van der Waals surface area contributed by atoms with Crippen LogP contribution in [0.5, 0.6) is 0 Å². The molecule has 108 valence electrons. The molecule has 3 nitrogen and oxygen atoms in total. The quantitative estimate of drug-likeness (QED) is 0.789. The maximum absolute atomic E-state index is 12.6. The summed E-state index contributed by atoms with van der Waals surface area (Å²) in [7, 11) is 0. The predicted octanol–water partition coefficient (Wildman–Crippen LogP) is 3.35. The van der Waals surface area contributed by atoms with E-state index in [1.807, 2.05) is 32.0 Å². The van der Waals surface area contributed by atoms with Gasteiger partial charge in [0.25, 0.3) is 0 Å². The van der Waals surface area contributed by atoms with Gasteiger partial charge >= 0.3 is 0 Å². The molecule has 1 heterocycles. The Balaban J connectivity index is 2.51. The van der Waals surface area contributed by atoms with Crippen molar-refractivity contribution in [2.75, 3.05) is 4.90 Å². The van der Waals surface area contributed by atoms with Gasteiger partial charge in [-0.05, 0) is 29.9 Å². The minimum absolute atomic E-state index is 0.0272. The third kappa shape index (κ3) is 2.37. The molecule has 1 aromatic carbocycles. The highest BCUT2D eigenvalue weighted by Crippen LogP contribution is 2.35. The molecule has 1 atom stereocenters. The summed E-state index contributed by atoms with van der Waals surface area (Å²) in [5.74, 6) is -0.0441. The molecular weight excluding hydrogens is 250 g/mol. The molecule has 0 aliphatic carbocycles. The molecule has 1 aromatic rings. The number of carbonyl (C=O) groups is 2. The first kappa shape index (κ1) is 14.8. The van der Waals surface area contributed by atoms with E-state index in [9.17, 15) is 9.59 Å². The molecule has 1 aliphatic heterocycles. The number of hydrogen-bond acceptors (Lipinski definition) is 2. The van der Waals surface area contributed by atoms with Crippen LogP contribution >= 0.6 is 0 Å². The standard InChI is InChI=1S/C17H23NO2/c1-5-12-8-7-9-13(6-2)16(12)18-15(19)10-14(11(3)4)17(18)20/h7-9,11,14H,5-6,10H2,1-4H3. The minimum Gasteiger partial charge on any atom is -0.274 e. The van der Waals surface area contributed by atoms with Crippen LogP contribution in [-0.2, 0) is 22.4 Å². The molecular formula is C17H23NO2. The number of anilines is 1. The first-order valence-corrected chi connectivity index (χ1v) is 7.48. The Morgan fingerprint density at radius 2 is 1.70 bits per heavy atom. The lowest BCUT2D eigenvalue weighted by Crippen LogP contribution is -2.33. The van der Waals surface area contributed by atoms with Crippen LogP contribution in [0, 0.1) is 11.8 Å². The van der Waals surface area contributed by atoms with E-state index in [1.165, 1.54) is 4.90 Å². The van der Waals surface area contributed by atoms with Crippen molar-refractivity contribution in [3.8, 4) is 0 Å². The lowest BCUT2D eigenvalue weighted by Gasteiger charge is -2.22. The average Bonchev–Trinajstić information content (AvgIpc) is 2.73. The maximum atomic E-state index is 12.6. The zero-order valence-electron chi connectivity index (χ0n) is 12.8. The van der Waals surface area contributed by atoms with Gasteiger partial charge in [-0.3, -0.25) is 9.59 Å². The molecule has 3 heteroatoms. The van der Waals surface area contributed by atoms with Gasteiger partial charge in [-0.15, -0.1) is 0 Å². The van der Waals surface area contributed by atoms with E-state index in [-0.39, 0.29) is 23.7 Å². The first-order valence-electron chi connectivity index (χ1n) is 7.48. The molecule has 0 radical (unpaired) electrons. The van der Waals surface area contributed by atoms with Gasteiger partial charge in [0.05, 0.1) is 11.6 Å². The Labute approximate surface area is 121 Å². The zero-order chi connectivity index (χ0) is 14.9. The summed E-state index contributed by atoms with van der Waals surface area (Å²) in [4.78, 5) is 26.4. The van der Waals surface area contributed by atoms with Crippen molar-refractivity contribution in [1.29, 1.82) is 0 Å². The van der Waals surface area contributed by atoms with Crippen molar-refractivity contribution in [1.82, 2.24) is 0 Å². The summed E-state index contributed by atoms with van der Waals surface area (Å²) in [5.41, 5.74) is 3.00. The summed E-state index contributed by atoms with van der Waals surface area (Å²) in [6.45, 7) is 8.13. The first-order chi connectivity index (χ1) is 9.51. The summed E-state index contributed by atoms with van der Waals surface area (Å²) in [5, 5.41) is 0. The van der Waals surface area contributed by atoms with Crippen molar-refractivity contribution >= 4 is 17.5 Å². The highest BCUT2D eigenvalue weighted by atomic mass is 16.2. The Bertz CT molecular complexity index is 512. The monoisotopic (exact) mass is 273 g/mol. The summed E-state index contributed by atoms with van der Waals surface area (Å²) in [6, 6.07) is 6.03. The van der Waals surface area contributed by atoms with Gasteiger partial charge < -0.3 is 0 Å². The molecule has 1 saturated heterocycles. The molecule has 2 rings (SSSR count). The Morgan fingerprint density at radius 1 is 1.15 bits per heavy atom. The third-order valence-corrected chi connectivity index (χ3v) is 4.17. The number of para-hydroxylation sites is 1. The van der Waals surface area contributed by atoms with Crippen LogP contribution in [0.1, 0.15) is 45.2 Å². The zero-order valence-corrected chi connectivity index (χ0v) is 12.8. The molecule has 0 spiro atoms. The highest BCUT2D eigenvalue weighted by Gasteiger charge is 2.42. The molecule has 0 saturated carbocycles. The number of hydrogen-bond donors (Lipinski definition) is 0. The number of nitrogens with zero attached hydrogens (tertiary/aromatic N) is 1. The van der Waals surface area contributed by atoms with Gasteiger partial charge in [-0.2, -0.15) is 0 Å². The van der Waals surface area contributed by atoms with Gasteiger partial charge in [0.15, 0.2) is 0 Å². The molecule has 1 unspecified atom stereocenters. The van der Waals surface area contributed by atoms with E-state index in [0.717, 1.165) is 29.7 Å². The second-order valence-electron chi connectivity index (χ2n) is 5.75. The van der Waals surface area contributed by atoms with E-state index >= 15 is 0 Å². The molecule has 0 bridgehead atoms. The van der Waals surface area contributed by atoms with Gasteiger partial charge in [0.1, 0.15) is 0 Å². The van der Waals surface area contributed by atoms with Crippen LogP contribution in [0.4, 0.5) is 5.69 Å². The number of carbonyl (C=O) groups excluding carboxylic acids is 2. The Hall–Kier alpha value is -1.64. The topological polar surface area (TPSA) is 37.4 Å². The van der Waals surface area contributed by atoms with Crippen molar-refractivity contribution in [3.63, 3.8) is 0 Å². The van der Waals surface area contributed by atoms with Crippen LogP contribution in [-0.4, -0.2) is 11.8 Å². The lowest BCUT2D eigenvalue weighted by molar-refractivity contribution is -0.122. The summed E-state index contributed by atoms with van der Waals surface area (Å²) in [6.07, 6.45) is 2.00. The summed E-state index contributed by atoms with van der Waals surface area (Å²) >= 11 is 0. The number of benzene rings is 1. The minimum atomic E-state index is -0.169. The normalized spacial score (nSPS) is 19.2. The van der Waals surface area contributed by atoms with Gasteiger partial charge in [0, 0.05) is 6.42 Å². The van der Waals surface area contributed by atoms with Crippen molar-refractivity contribution in [2.45, 2.75) is 47.0 Å². The number of imide groups is 1. The molecule has 0 aromatic heterocycles. The van der Waals surface area contributed by atoms with Crippen LogP contribution in [0.2, 0.25) is 0 Å². The number of aryl methyl sites for hydroxylation is 2. The fraction of sp³-hybridized carbons (Fsp3) is 0.529. The average molecular weight is 273 g/mol.